The molecule has 1 aromatic heterocycles. The minimum absolute atomic E-state index is 0.232. The molecule has 0 radical (unpaired) electrons. The van der Waals surface area contributed by atoms with Crippen molar-refractivity contribution in [3.8, 4) is 0 Å². The molecule has 0 aliphatic rings. The molecule has 0 spiro atoms. The van der Waals surface area contributed by atoms with Crippen molar-refractivity contribution in [2.75, 3.05) is 25.6 Å². The Balaban J connectivity index is 2.69. The van der Waals surface area contributed by atoms with Crippen LogP contribution in [-0.2, 0) is 16.0 Å². The second kappa shape index (κ2) is 5.34. The van der Waals surface area contributed by atoms with Crippen LogP contribution in [0.1, 0.15) is 12.6 Å². The summed E-state index contributed by atoms with van der Waals surface area (Å²) in [5, 5.41) is 0. The van der Waals surface area contributed by atoms with E-state index in [0.717, 1.165) is 11.5 Å². The van der Waals surface area contributed by atoms with Gasteiger partial charge in [0.1, 0.15) is 5.82 Å². The van der Waals surface area contributed by atoms with Crippen molar-refractivity contribution >= 4 is 11.8 Å². The average Bonchev–Trinajstić information content (AvgIpc) is 2.18. The molecule has 0 fully saturated rings. The minimum atomic E-state index is -0.235. The van der Waals surface area contributed by atoms with Crippen molar-refractivity contribution in [2.24, 2.45) is 0 Å². The lowest BCUT2D eigenvalue weighted by Crippen LogP contribution is -2.13. The van der Waals surface area contributed by atoms with Crippen LogP contribution in [-0.4, -0.2) is 31.7 Å². The summed E-state index contributed by atoms with van der Waals surface area (Å²) in [7, 11) is 3.83. The fourth-order valence-electron chi connectivity index (χ4n) is 1.17. The van der Waals surface area contributed by atoms with E-state index in [2.05, 4.69) is 4.98 Å². The molecular formula is C11H16N2O2. The molecule has 0 amide bonds. The summed E-state index contributed by atoms with van der Waals surface area (Å²) in [5.41, 5.74) is 0.736. The highest BCUT2D eigenvalue weighted by Crippen LogP contribution is 2.08. The fourth-order valence-corrected chi connectivity index (χ4v) is 1.17. The topological polar surface area (TPSA) is 42.4 Å². The molecule has 1 rings (SSSR count). The lowest BCUT2D eigenvalue weighted by atomic mass is 10.2. The van der Waals surface area contributed by atoms with Crippen LogP contribution in [0.25, 0.3) is 0 Å². The van der Waals surface area contributed by atoms with Gasteiger partial charge in [0.15, 0.2) is 0 Å². The van der Waals surface area contributed by atoms with Gasteiger partial charge in [0.25, 0.3) is 0 Å². The fraction of sp³-hybridized carbons (Fsp3) is 0.455. The van der Waals surface area contributed by atoms with Crippen LogP contribution in [0.4, 0.5) is 5.82 Å². The summed E-state index contributed by atoms with van der Waals surface area (Å²) in [6, 6.07) is 5.61. The maximum Gasteiger partial charge on any atom is 0.311 e. The van der Waals surface area contributed by atoms with E-state index in [1.54, 1.807) is 6.92 Å². The summed E-state index contributed by atoms with van der Waals surface area (Å²) in [4.78, 5) is 17.4. The molecule has 0 bridgehead atoms. The summed E-state index contributed by atoms with van der Waals surface area (Å²) in [6.45, 7) is 2.20. The minimum Gasteiger partial charge on any atom is -0.466 e. The van der Waals surface area contributed by atoms with Gasteiger partial charge in [-0.15, -0.1) is 0 Å². The molecule has 0 aromatic carbocycles. The Morgan fingerprint density at radius 3 is 2.80 bits per heavy atom. The van der Waals surface area contributed by atoms with Crippen LogP contribution >= 0.6 is 0 Å². The third-order valence-corrected chi connectivity index (χ3v) is 1.88. The van der Waals surface area contributed by atoms with Gasteiger partial charge in [-0.3, -0.25) is 4.79 Å². The van der Waals surface area contributed by atoms with Crippen LogP contribution in [0.2, 0.25) is 0 Å². The van der Waals surface area contributed by atoms with Gasteiger partial charge in [-0.1, -0.05) is 6.07 Å². The Morgan fingerprint density at radius 2 is 2.20 bits per heavy atom. The number of hydrogen-bond acceptors (Lipinski definition) is 4. The SMILES string of the molecule is CCOC(=O)Cc1cccc(N(C)C)n1. The highest BCUT2D eigenvalue weighted by molar-refractivity contribution is 5.72. The van der Waals surface area contributed by atoms with Gasteiger partial charge in [-0.05, 0) is 19.1 Å². The van der Waals surface area contributed by atoms with Crippen molar-refractivity contribution in [3.63, 3.8) is 0 Å². The summed E-state index contributed by atoms with van der Waals surface area (Å²) >= 11 is 0. The Hall–Kier alpha value is -1.58. The molecule has 0 saturated heterocycles. The second-order valence-electron chi connectivity index (χ2n) is 3.36. The van der Waals surface area contributed by atoms with Crippen LogP contribution < -0.4 is 4.90 Å². The standard InChI is InChI=1S/C11H16N2O2/c1-4-15-11(14)8-9-6-5-7-10(12-9)13(2)3/h5-7H,4,8H2,1-3H3. The molecule has 0 aliphatic carbocycles. The molecular weight excluding hydrogens is 192 g/mol. The van der Waals surface area contributed by atoms with Crippen LogP contribution in [0.3, 0.4) is 0 Å². The van der Waals surface area contributed by atoms with E-state index >= 15 is 0 Å². The molecule has 1 heterocycles. The van der Waals surface area contributed by atoms with E-state index in [4.69, 9.17) is 4.74 Å². The van der Waals surface area contributed by atoms with Crippen LogP contribution in [0.5, 0.6) is 0 Å². The Morgan fingerprint density at radius 1 is 1.47 bits per heavy atom. The predicted octanol–water partition coefficient (Wildman–Crippen LogP) is 1.25. The molecule has 4 heteroatoms. The van der Waals surface area contributed by atoms with Crippen LogP contribution in [0.15, 0.2) is 18.2 Å². The van der Waals surface area contributed by atoms with Gasteiger partial charge >= 0.3 is 5.97 Å². The number of aromatic nitrogens is 1. The van der Waals surface area contributed by atoms with E-state index in [9.17, 15) is 4.79 Å². The number of hydrogen-bond donors (Lipinski definition) is 0. The summed E-state index contributed by atoms with van der Waals surface area (Å²) in [5.74, 6) is 0.609. The van der Waals surface area contributed by atoms with E-state index in [1.807, 2.05) is 37.2 Å². The quantitative estimate of drug-likeness (QED) is 0.698. The highest BCUT2D eigenvalue weighted by atomic mass is 16.5. The number of carbonyl (C=O) groups excluding carboxylic acids is 1. The zero-order chi connectivity index (χ0) is 11.3. The molecule has 0 N–H and O–H groups in total. The number of esters is 1. The lowest BCUT2D eigenvalue weighted by Gasteiger charge is -2.11. The van der Waals surface area contributed by atoms with Crippen molar-refractivity contribution in [2.45, 2.75) is 13.3 Å². The predicted molar refractivity (Wildman–Crippen MR) is 58.9 cm³/mol. The number of carbonyl (C=O) groups is 1. The third kappa shape index (κ3) is 3.58. The van der Waals surface area contributed by atoms with E-state index in [0.29, 0.717) is 6.61 Å². The third-order valence-electron chi connectivity index (χ3n) is 1.88. The molecule has 4 nitrogen and oxygen atoms in total. The van der Waals surface area contributed by atoms with Gasteiger partial charge in [0, 0.05) is 14.1 Å². The van der Waals surface area contributed by atoms with Crippen molar-refractivity contribution in [1.82, 2.24) is 4.98 Å². The first-order chi connectivity index (χ1) is 7.13. The summed E-state index contributed by atoms with van der Waals surface area (Å²) < 4.78 is 4.85. The second-order valence-corrected chi connectivity index (χ2v) is 3.36. The van der Waals surface area contributed by atoms with Crippen molar-refractivity contribution in [3.05, 3.63) is 23.9 Å². The number of ether oxygens (including phenoxy) is 1. The van der Waals surface area contributed by atoms with Gasteiger partial charge in [-0.2, -0.15) is 0 Å². The van der Waals surface area contributed by atoms with E-state index < -0.39 is 0 Å². The molecule has 82 valence electrons. The van der Waals surface area contributed by atoms with Crippen molar-refractivity contribution in [1.29, 1.82) is 0 Å². The maximum atomic E-state index is 11.2. The van der Waals surface area contributed by atoms with Gasteiger partial charge in [-0.25, -0.2) is 4.98 Å². The molecule has 0 unspecified atom stereocenters. The van der Waals surface area contributed by atoms with Gasteiger partial charge in [0.2, 0.25) is 0 Å². The molecule has 0 saturated carbocycles. The first-order valence-electron chi connectivity index (χ1n) is 4.92. The molecule has 0 atom stereocenters. The number of nitrogens with zero attached hydrogens (tertiary/aromatic N) is 2. The number of anilines is 1. The van der Waals surface area contributed by atoms with Gasteiger partial charge < -0.3 is 9.64 Å². The van der Waals surface area contributed by atoms with Crippen molar-refractivity contribution < 1.29 is 9.53 Å². The van der Waals surface area contributed by atoms with E-state index in [1.165, 1.54) is 0 Å². The Bertz CT molecular complexity index is 337. The normalized spacial score (nSPS) is 9.80. The Kier molecular flexibility index (Phi) is 4.09. The van der Waals surface area contributed by atoms with Gasteiger partial charge in [0.05, 0.1) is 18.7 Å². The first-order valence-corrected chi connectivity index (χ1v) is 4.92. The van der Waals surface area contributed by atoms with Crippen LogP contribution in [0, 0.1) is 0 Å². The van der Waals surface area contributed by atoms with E-state index in [-0.39, 0.29) is 12.4 Å². The zero-order valence-corrected chi connectivity index (χ0v) is 9.36. The average molecular weight is 208 g/mol. The molecule has 1 aromatic rings. The maximum absolute atomic E-state index is 11.2. The monoisotopic (exact) mass is 208 g/mol. The zero-order valence-electron chi connectivity index (χ0n) is 9.36. The smallest absolute Gasteiger partial charge is 0.311 e. The first kappa shape index (κ1) is 11.5. The molecule has 15 heavy (non-hydrogen) atoms. The number of pyridine rings is 1. The number of rotatable bonds is 4. The molecule has 0 aliphatic heterocycles. The highest BCUT2D eigenvalue weighted by Gasteiger charge is 2.06. The largest absolute Gasteiger partial charge is 0.466 e. The summed E-state index contributed by atoms with van der Waals surface area (Å²) in [6.07, 6.45) is 0.232. The Labute approximate surface area is 89.9 Å². The lowest BCUT2D eigenvalue weighted by molar-refractivity contribution is -0.142.